The van der Waals surface area contributed by atoms with Gasteiger partial charge in [0.15, 0.2) is 0 Å². The molecule has 9 nitrogen and oxygen atoms in total. The molecule has 3 aliphatic rings. The Hall–Kier alpha value is -3.63. The maximum Gasteiger partial charge on any atom is 0.260 e. The highest BCUT2D eigenvalue weighted by molar-refractivity contribution is 7.21. The SMILES string of the molecule is Cc1ncc(C(=O)NCCN2CC3CCC2CC3)cc1NC(=O)c1cnn2cc(-c3cccnc3)sc12.[HH].[HH]. The molecule has 2 amide bonds. The molecular weight excluding hydrogens is 486 g/mol. The van der Waals surface area contributed by atoms with Crippen LogP contribution in [0.4, 0.5) is 5.69 Å². The van der Waals surface area contributed by atoms with Gasteiger partial charge in [-0.05, 0) is 50.7 Å². The highest BCUT2D eigenvalue weighted by Gasteiger charge is 2.33. The Bertz CT molecular complexity index is 1450. The molecule has 0 aromatic carbocycles. The van der Waals surface area contributed by atoms with E-state index in [0.717, 1.165) is 34.3 Å². The lowest BCUT2D eigenvalue weighted by Crippen LogP contribution is -2.50. The van der Waals surface area contributed by atoms with E-state index in [1.165, 1.54) is 37.0 Å². The quantitative estimate of drug-likeness (QED) is 0.372. The number of hydrogen-bond donors (Lipinski definition) is 2. The number of rotatable bonds is 7. The van der Waals surface area contributed by atoms with Crippen LogP contribution >= 0.6 is 11.3 Å². The summed E-state index contributed by atoms with van der Waals surface area (Å²) in [6.07, 6.45) is 13.8. The molecular formula is C27H33N7O2S. The van der Waals surface area contributed by atoms with Crippen LogP contribution < -0.4 is 10.6 Å². The molecule has 0 unspecified atom stereocenters. The second-order valence-electron chi connectivity index (χ2n) is 9.88. The molecule has 4 aromatic heterocycles. The summed E-state index contributed by atoms with van der Waals surface area (Å²) in [5.74, 6) is 0.344. The third-order valence-corrected chi connectivity index (χ3v) is 8.66. The zero-order chi connectivity index (χ0) is 25.4. The third-order valence-electron chi connectivity index (χ3n) is 7.49. The van der Waals surface area contributed by atoms with Crippen molar-refractivity contribution in [3.8, 4) is 10.4 Å². The number of nitrogens with one attached hydrogen (secondary N) is 2. The molecule has 2 bridgehead atoms. The highest BCUT2D eigenvalue weighted by Crippen LogP contribution is 2.34. The summed E-state index contributed by atoms with van der Waals surface area (Å²) in [5, 5.41) is 10.3. The highest BCUT2D eigenvalue weighted by atomic mass is 32.1. The van der Waals surface area contributed by atoms with Gasteiger partial charge < -0.3 is 10.6 Å². The number of carbonyl (C=O) groups excluding carboxylic acids is 2. The van der Waals surface area contributed by atoms with Gasteiger partial charge in [0.25, 0.3) is 11.8 Å². The number of carbonyl (C=O) groups is 2. The second-order valence-corrected chi connectivity index (χ2v) is 10.9. The molecule has 3 fully saturated rings. The zero-order valence-corrected chi connectivity index (χ0v) is 21.5. The predicted octanol–water partition coefficient (Wildman–Crippen LogP) is 4.51. The van der Waals surface area contributed by atoms with Crippen LogP contribution in [0.1, 0.15) is 54.9 Å². The minimum atomic E-state index is -0.294. The van der Waals surface area contributed by atoms with Gasteiger partial charge in [-0.25, -0.2) is 4.52 Å². The average Bonchev–Trinajstić information content (AvgIpc) is 3.52. The Kier molecular flexibility index (Phi) is 6.43. The molecule has 2 saturated heterocycles. The molecule has 37 heavy (non-hydrogen) atoms. The Labute approximate surface area is 221 Å². The first-order chi connectivity index (χ1) is 18.0. The Morgan fingerprint density at radius 2 is 2.03 bits per heavy atom. The Morgan fingerprint density at radius 3 is 2.78 bits per heavy atom. The number of aryl methyl sites for hydroxylation is 1. The normalized spacial score (nSPS) is 19.3. The van der Waals surface area contributed by atoms with Crippen LogP contribution in [0.3, 0.4) is 0 Å². The Balaban J connectivity index is 0.00000176. The topological polar surface area (TPSA) is 105 Å². The summed E-state index contributed by atoms with van der Waals surface area (Å²) in [7, 11) is 0. The van der Waals surface area contributed by atoms with E-state index in [-0.39, 0.29) is 14.7 Å². The summed E-state index contributed by atoms with van der Waals surface area (Å²) in [4.78, 5) is 38.8. The van der Waals surface area contributed by atoms with E-state index < -0.39 is 0 Å². The van der Waals surface area contributed by atoms with Crippen molar-refractivity contribution in [2.45, 2.75) is 38.6 Å². The number of nitrogens with zero attached hydrogens (tertiary/aromatic N) is 5. The van der Waals surface area contributed by atoms with Gasteiger partial charge in [-0.3, -0.25) is 24.5 Å². The van der Waals surface area contributed by atoms with E-state index in [1.54, 1.807) is 35.4 Å². The van der Waals surface area contributed by atoms with Crippen LogP contribution in [0.5, 0.6) is 0 Å². The average molecular weight is 520 g/mol. The van der Waals surface area contributed by atoms with E-state index in [2.05, 4.69) is 30.6 Å². The van der Waals surface area contributed by atoms with Gasteiger partial charge in [0.1, 0.15) is 4.83 Å². The largest absolute Gasteiger partial charge is 0.351 e. The summed E-state index contributed by atoms with van der Waals surface area (Å²) in [5.41, 5.74) is 3.01. The minimum absolute atomic E-state index is 0. The fourth-order valence-electron chi connectivity index (χ4n) is 5.42. The molecule has 10 heteroatoms. The van der Waals surface area contributed by atoms with Crippen LogP contribution in [-0.2, 0) is 0 Å². The molecule has 194 valence electrons. The zero-order valence-electron chi connectivity index (χ0n) is 20.7. The van der Waals surface area contributed by atoms with Gasteiger partial charge in [0, 0.05) is 58.9 Å². The van der Waals surface area contributed by atoms with E-state index in [1.807, 2.05) is 25.3 Å². The maximum absolute atomic E-state index is 13.2. The first kappa shape index (κ1) is 23.7. The first-order valence-electron chi connectivity index (χ1n) is 12.7. The van der Waals surface area contributed by atoms with Crippen molar-refractivity contribution in [1.82, 2.24) is 29.8 Å². The molecule has 1 aliphatic carbocycles. The smallest absolute Gasteiger partial charge is 0.260 e. The van der Waals surface area contributed by atoms with Gasteiger partial charge in [0.05, 0.1) is 33.6 Å². The van der Waals surface area contributed by atoms with E-state index in [9.17, 15) is 9.59 Å². The molecule has 0 radical (unpaired) electrons. The number of thiazole rings is 1. The fraction of sp³-hybridized carbons (Fsp3) is 0.370. The van der Waals surface area contributed by atoms with Crippen molar-refractivity contribution < 1.29 is 12.4 Å². The van der Waals surface area contributed by atoms with Crippen LogP contribution in [0, 0.1) is 12.8 Å². The van der Waals surface area contributed by atoms with Crippen molar-refractivity contribution in [2.75, 3.05) is 25.0 Å². The molecule has 6 heterocycles. The summed E-state index contributed by atoms with van der Waals surface area (Å²) in [6.45, 7) is 4.43. The standard InChI is InChI=1S/C27H29N7O2S.2H2/c1-17-23(11-20(13-30-17)25(35)29-9-10-33-15-18-4-6-21(33)7-5-18)32-26(36)22-14-31-34-16-24(37-27(22)34)19-3-2-8-28-12-19;;/h2-3,8,11-14,16,18,21H,4-7,9-10,15H2,1H3,(H,29,35)(H,32,36);2*1H. The molecule has 0 spiro atoms. The lowest BCUT2D eigenvalue weighted by Gasteiger charge is -2.45. The van der Waals surface area contributed by atoms with Crippen LogP contribution in [-0.4, -0.2) is 62.0 Å². The molecule has 1 saturated carbocycles. The number of pyridine rings is 2. The number of hydrogen-bond acceptors (Lipinski definition) is 7. The number of fused-ring (bicyclic) bond motifs is 4. The summed E-state index contributed by atoms with van der Waals surface area (Å²) >= 11 is 1.48. The van der Waals surface area contributed by atoms with Crippen molar-refractivity contribution in [1.29, 1.82) is 0 Å². The minimum Gasteiger partial charge on any atom is -0.351 e. The van der Waals surface area contributed by atoms with Crippen LogP contribution in [0.2, 0.25) is 0 Å². The molecule has 2 N–H and O–H groups in total. The molecule has 0 atom stereocenters. The van der Waals surface area contributed by atoms with Crippen LogP contribution in [0.15, 0.2) is 49.2 Å². The predicted molar refractivity (Wildman–Crippen MR) is 147 cm³/mol. The monoisotopic (exact) mass is 519 g/mol. The van der Waals surface area contributed by atoms with Gasteiger partial charge in [-0.2, -0.15) is 5.10 Å². The summed E-state index contributed by atoms with van der Waals surface area (Å²) in [6, 6.07) is 6.21. The second kappa shape index (κ2) is 10.0. The number of piperidine rings is 2. The van der Waals surface area contributed by atoms with E-state index >= 15 is 0 Å². The van der Waals surface area contributed by atoms with Crippen molar-refractivity contribution >= 4 is 33.7 Å². The summed E-state index contributed by atoms with van der Waals surface area (Å²) < 4.78 is 1.70. The lowest BCUT2D eigenvalue weighted by atomic mass is 9.80. The van der Waals surface area contributed by atoms with Gasteiger partial charge in [0.2, 0.25) is 0 Å². The molecule has 2 aliphatic heterocycles. The lowest BCUT2D eigenvalue weighted by molar-refractivity contribution is 0.0494. The fourth-order valence-corrected chi connectivity index (χ4v) is 6.47. The van der Waals surface area contributed by atoms with Crippen molar-refractivity contribution in [3.05, 3.63) is 66.0 Å². The number of amides is 2. The van der Waals surface area contributed by atoms with Crippen LogP contribution in [0.25, 0.3) is 15.3 Å². The Morgan fingerprint density at radius 1 is 1.16 bits per heavy atom. The van der Waals surface area contributed by atoms with Crippen molar-refractivity contribution in [2.24, 2.45) is 5.92 Å². The van der Waals surface area contributed by atoms with Gasteiger partial charge in [-0.1, -0.05) is 6.07 Å². The van der Waals surface area contributed by atoms with E-state index in [0.29, 0.717) is 35.1 Å². The maximum atomic E-state index is 13.2. The van der Waals surface area contributed by atoms with Gasteiger partial charge in [-0.15, -0.1) is 11.3 Å². The third kappa shape index (κ3) is 4.86. The number of anilines is 1. The van der Waals surface area contributed by atoms with Crippen molar-refractivity contribution in [3.63, 3.8) is 0 Å². The molecule has 7 rings (SSSR count). The first-order valence-corrected chi connectivity index (χ1v) is 13.5. The number of aromatic nitrogens is 4. The van der Waals surface area contributed by atoms with E-state index in [4.69, 9.17) is 0 Å². The van der Waals surface area contributed by atoms with Gasteiger partial charge >= 0.3 is 0 Å². The molecule has 4 aromatic rings.